The van der Waals surface area contributed by atoms with E-state index in [1.807, 2.05) is 4.52 Å². The largest absolute Gasteiger partial charge is 0.234 e. The summed E-state index contributed by atoms with van der Waals surface area (Å²) < 4.78 is 1.97. The fraction of sp³-hybridized carbons (Fsp3) is 0.438. The van der Waals surface area contributed by atoms with Gasteiger partial charge in [-0.25, -0.2) is 0 Å². The van der Waals surface area contributed by atoms with E-state index < -0.39 is 0 Å². The number of rotatable bonds is 2. The fourth-order valence-electron chi connectivity index (χ4n) is 3.14. The topological polar surface area (TPSA) is 43.1 Å². The van der Waals surface area contributed by atoms with Gasteiger partial charge in [0.25, 0.3) is 0 Å². The molecule has 5 heteroatoms. The van der Waals surface area contributed by atoms with E-state index in [1.54, 1.807) is 11.3 Å². The Kier molecular flexibility index (Phi) is 3.22. The van der Waals surface area contributed by atoms with Crippen LogP contribution in [0.5, 0.6) is 0 Å². The number of hydrogen-bond donors (Lipinski definition) is 0. The van der Waals surface area contributed by atoms with E-state index in [-0.39, 0.29) is 0 Å². The SMILES string of the molecule is Cc1cccc(-c2nn3c(C4CCCCC4)nnc3s2)c1. The molecule has 0 N–H and O–H groups in total. The van der Waals surface area contributed by atoms with Crippen LogP contribution in [0.2, 0.25) is 0 Å². The Morgan fingerprint density at radius 3 is 2.81 bits per heavy atom. The highest BCUT2D eigenvalue weighted by atomic mass is 32.1. The quantitative estimate of drug-likeness (QED) is 0.712. The van der Waals surface area contributed by atoms with Crippen LogP contribution in [0.25, 0.3) is 15.5 Å². The van der Waals surface area contributed by atoms with Crippen LogP contribution in [0.3, 0.4) is 0 Å². The van der Waals surface area contributed by atoms with Crippen molar-refractivity contribution >= 4 is 16.3 Å². The average molecular weight is 298 g/mol. The van der Waals surface area contributed by atoms with Gasteiger partial charge in [-0.15, -0.1) is 10.2 Å². The molecular weight excluding hydrogens is 280 g/mol. The summed E-state index contributed by atoms with van der Waals surface area (Å²) >= 11 is 1.62. The summed E-state index contributed by atoms with van der Waals surface area (Å²) in [5.74, 6) is 1.58. The first-order chi connectivity index (χ1) is 10.3. The van der Waals surface area contributed by atoms with Gasteiger partial charge in [-0.3, -0.25) is 0 Å². The van der Waals surface area contributed by atoms with Crippen LogP contribution in [0.1, 0.15) is 49.4 Å². The third-order valence-electron chi connectivity index (χ3n) is 4.25. The molecule has 1 fully saturated rings. The van der Waals surface area contributed by atoms with Gasteiger partial charge in [-0.1, -0.05) is 54.4 Å². The zero-order valence-corrected chi connectivity index (χ0v) is 12.9. The first-order valence-electron chi connectivity index (χ1n) is 7.60. The van der Waals surface area contributed by atoms with Crippen molar-refractivity contribution in [1.29, 1.82) is 0 Å². The van der Waals surface area contributed by atoms with Crippen LogP contribution < -0.4 is 0 Å². The molecule has 0 aliphatic heterocycles. The maximum atomic E-state index is 4.77. The van der Waals surface area contributed by atoms with Gasteiger partial charge in [-0.05, 0) is 25.8 Å². The summed E-state index contributed by atoms with van der Waals surface area (Å²) in [7, 11) is 0. The standard InChI is InChI=1S/C16H18N4S/c1-11-6-5-9-13(10-11)15-19-20-14(17-18-16(20)21-15)12-7-3-2-4-8-12/h5-6,9-10,12H,2-4,7-8H2,1H3. The van der Waals surface area contributed by atoms with Crippen molar-refractivity contribution in [3.63, 3.8) is 0 Å². The van der Waals surface area contributed by atoms with Crippen molar-refractivity contribution in [2.75, 3.05) is 0 Å². The van der Waals surface area contributed by atoms with Gasteiger partial charge >= 0.3 is 0 Å². The van der Waals surface area contributed by atoms with E-state index in [0.717, 1.165) is 15.8 Å². The summed E-state index contributed by atoms with van der Waals surface area (Å²) in [5.41, 5.74) is 2.42. The Morgan fingerprint density at radius 1 is 1.14 bits per heavy atom. The van der Waals surface area contributed by atoms with Gasteiger partial charge in [-0.2, -0.15) is 9.61 Å². The molecule has 21 heavy (non-hydrogen) atoms. The summed E-state index contributed by atoms with van der Waals surface area (Å²) in [4.78, 5) is 0.909. The van der Waals surface area contributed by atoms with Crippen molar-refractivity contribution in [3.05, 3.63) is 35.7 Å². The third kappa shape index (κ3) is 2.35. The van der Waals surface area contributed by atoms with Crippen molar-refractivity contribution in [2.45, 2.75) is 44.9 Å². The van der Waals surface area contributed by atoms with Crippen molar-refractivity contribution < 1.29 is 0 Å². The van der Waals surface area contributed by atoms with Gasteiger partial charge in [0, 0.05) is 11.5 Å². The molecular formula is C16H18N4S. The van der Waals surface area contributed by atoms with E-state index in [9.17, 15) is 0 Å². The Hall–Kier alpha value is -1.75. The van der Waals surface area contributed by atoms with Gasteiger partial charge < -0.3 is 0 Å². The lowest BCUT2D eigenvalue weighted by atomic mass is 9.89. The van der Waals surface area contributed by atoms with E-state index in [2.05, 4.69) is 41.4 Å². The number of aromatic nitrogens is 4. The molecule has 3 aromatic rings. The molecule has 1 aliphatic rings. The zero-order chi connectivity index (χ0) is 14.2. The van der Waals surface area contributed by atoms with Crippen LogP contribution in [0.15, 0.2) is 24.3 Å². The maximum Gasteiger partial charge on any atom is 0.234 e. The summed E-state index contributed by atoms with van der Waals surface area (Å²) in [6, 6.07) is 8.47. The Balaban J connectivity index is 1.75. The summed E-state index contributed by atoms with van der Waals surface area (Å²) in [6.45, 7) is 2.11. The molecule has 0 radical (unpaired) electrons. The highest BCUT2D eigenvalue weighted by Gasteiger charge is 2.23. The Morgan fingerprint density at radius 2 is 2.00 bits per heavy atom. The zero-order valence-electron chi connectivity index (χ0n) is 12.1. The first kappa shape index (κ1) is 13.0. The highest BCUT2D eigenvalue weighted by Crippen LogP contribution is 2.33. The lowest BCUT2D eigenvalue weighted by Crippen LogP contribution is -2.09. The van der Waals surface area contributed by atoms with Gasteiger partial charge in [0.2, 0.25) is 4.96 Å². The molecule has 1 aliphatic carbocycles. The highest BCUT2D eigenvalue weighted by molar-refractivity contribution is 7.19. The second-order valence-corrected chi connectivity index (χ2v) is 6.82. The van der Waals surface area contributed by atoms with Crippen molar-refractivity contribution in [2.24, 2.45) is 0 Å². The molecule has 4 nitrogen and oxygen atoms in total. The number of fused-ring (bicyclic) bond motifs is 1. The predicted octanol–water partition coefficient (Wildman–Crippen LogP) is 4.21. The second-order valence-electron chi connectivity index (χ2n) is 5.86. The molecule has 4 rings (SSSR count). The molecule has 2 heterocycles. The van der Waals surface area contributed by atoms with Gasteiger partial charge in [0.05, 0.1) is 0 Å². The molecule has 2 aromatic heterocycles. The smallest absolute Gasteiger partial charge is 0.187 e. The van der Waals surface area contributed by atoms with Crippen molar-refractivity contribution in [3.8, 4) is 10.6 Å². The minimum Gasteiger partial charge on any atom is -0.187 e. The van der Waals surface area contributed by atoms with Crippen LogP contribution in [0, 0.1) is 6.92 Å². The normalized spacial score (nSPS) is 16.6. The lowest BCUT2D eigenvalue weighted by molar-refractivity contribution is 0.423. The molecule has 1 saturated carbocycles. The monoisotopic (exact) mass is 298 g/mol. The third-order valence-corrected chi connectivity index (χ3v) is 5.20. The van der Waals surface area contributed by atoms with E-state index >= 15 is 0 Å². The molecule has 0 unspecified atom stereocenters. The van der Waals surface area contributed by atoms with Crippen LogP contribution in [0.4, 0.5) is 0 Å². The van der Waals surface area contributed by atoms with Crippen LogP contribution >= 0.6 is 11.3 Å². The van der Waals surface area contributed by atoms with Gasteiger partial charge in [0.15, 0.2) is 5.82 Å². The van der Waals surface area contributed by atoms with E-state index in [0.29, 0.717) is 5.92 Å². The Labute approximate surface area is 127 Å². The molecule has 0 saturated heterocycles. The number of benzene rings is 1. The Bertz CT molecular complexity index is 768. The molecule has 1 aromatic carbocycles. The first-order valence-corrected chi connectivity index (χ1v) is 8.42. The minimum absolute atomic E-state index is 0.529. The number of hydrogen-bond acceptors (Lipinski definition) is 4. The number of aryl methyl sites for hydroxylation is 1. The second kappa shape index (κ2) is 5.22. The maximum absolute atomic E-state index is 4.77. The summed E-state index contributed by atoms with van der Waals surface area (Å²) in [6.07, 6.45) is 6.39. The minimum atomic E-state index is 0.529. The van der Waals surface area contributed by atoms with E-state index in [4.69, 9.17) is 5.10 Å². The summed E-state index contributed by atoms with van der Waals surface area (Å²) in [5, 5.41) is 14.5. The average Bonchev–Trinajstić information content (AvgIpc) is 3.08. The van der Waals surface area contributed by atoms with Crippen LogP contribution in [-0.4, -0.2) is 19.8 Å². The molecule has 0 atom stereocenters. The molecule has 0 bridgehead atoms. The van der Waals surface area contributed by atoms with Crippen LogP contribution in [-0.2, 0) is 0 Å². The molecule has 0 spiro atoms. The van der Waals surface area contributed by atoms with E-state index in [1.165, 1.54) is 43.2 Å². The number of nitrogens with zero attached hydrogens (tertiary/aromatic N) is 4. The van der Waals surface area contributed by atoms with Gasteiger partial charge in [0.1, 0.15) is 5.01 Å². The lowest BCUT2D eigenvalue weighted by Gasteiger charge is -2.18. The molecule has 0 amide bonds. The predicted molar refractivity (Wildman–Crippen MR) is 84.7 cm³/mol. The van der Waals surface area contributed by atoms with Crippen molar-refractivity contribution in [1.82, 2.24) is 19.8 Å². The molecule has 108 valence electrons. The fourth-order valence-corrected chi connectivity index (χ4v) is 3.98.